The Bertz CT molecular complexity index is 738. The quantitative estimate of drug-likeness (QED) is 0.914. The number of fused-ring (bicyclic) bond motifs is 1. The highest BCUT2D eigenvalue weighted by atomic mass is 16.2. The van der Waals surface area contributed by atoms with Crippen molar-refractivity contribution in [1.82, 2.24) is 0 Å². The molecule has 1 heterocycles. The van der Waals surface area contributed by atoms with Crippen molar-refractivity contribution < 1.29 is 9.59 Å². The molecule has 0 spiro atoms. The average Bonchev–Trinajstić information content (AvgIpc) is 2.50. The van der Waals surface area contributed by atoms with Gasteiger partial charge in [0.15, 0.2) is 0 Å². The van der Waals surface area contributed by atoms with E-state index in [9.17, 15) is 9.59 Å². The molecule has 3 rings (SSSR count). The van der Waals surface area contributed by atoms with Gasteiger partial charge >= 0.3 is 0 Å². The van der Waals surface area contributed by atoms with Crippen molar-refractivity contribution in [3.63, 3.8) is 0 Å². The second kappa shape index (κ2) is 6.02. The highest BCUT2D eigenvalue weighted by molar-refractivity contribution is 5.95. The van der Waals surface area contributed by atoms with E-state index in [0.29, 0.717) is 12.8 Å². The van der Waals surface area contributed by atoms with Crippen LogP contribution in [0.25, 0.3) is 0 Å². The number of anilines is 2. The largest absolute Gasteiger partial charge is 0.326 e. The third kappa shape index (κ3) is 3.17. The molecule has 2 aromatic rings. The molecule has 0 unspecified atom stereocenters. The SMILES string of the molecule is Cc1ccccc1NC(=O)Cc1ccc2c(c1)CCC(=O)N2. The first-order chi connectivity index (χ1) is 10.6. The summed E-state index contributed by atoms with van der Waals surface area (Å²) in [6.07, 6.45) is 1.57. The highest BCUT2D eigenvalue weighted by Crippen LogP contribution is 2.24. The van der Waals surface area contributed by atoms with E-state index in [2.05, 4.69) is 10.6 Å². The third-order valence-electron chi connectivity index (χ3n) is 3.85. The van der Waals surface area contributed by atoms with E-state index in [1.165, 1.54) is 0 Å². The fourth-order valence-corrected chi connectivity index (χ4v) is 2.64. The molecule has 112 valence electrons. The van der Waals surface area contributed by atoms with Crippen LogP contribution >= 0.6 is 0 Å². The highest BCUT2D eigenvalue weighted by Gasteiger charge is 2.15. The lowest BCUT2D eigenvalue weighted by atomic mass is 9.99. The Morgan fingerprint density at radius 2 is 2.00 bits per heavy atom. The molecule has 0 saturated heterocycles. The van der Waals surface area contributed by atoms with Crippen molar-refractivity contribution in [2.24, 2.45) is 0 Å². The van der Waals surface area contributed by atoms with Gasteiger partial charge in [0, 0.05) is 17.8 Å². The molecule has 1 aliphatic heterocycles. The molecule has 2 amide bonds. The van der Waals surface area contributed by atoms with Crippen molar-refractivity contribution in [3.8, 4) is 0 Å². The smallest absolute Gasteiger partial charge is 0.228 e. The number of benzene rings is 2. The van der Waals surface area contributed by atoms with E-state index in [1.54, 1.807) is 0 Å². The number of nitrogens with one attached hydrogen (secondary N) is 2. The van der Waals surface area contributed by atoms with Crippen LogP contribution < -0.4 is 10.6 Å². The lowest BCUT2D eigenvalue weighted by molar-refractivity contribution is -0.117. The summed E-state index contributed by atoms with van der Waals surface area (Å²) < 4.78 is 0. The summed E-state index contributed by atoms with van der Waals surface area (Å²) in [5.41, 5.74) is 4.81. The van der Waals surface area contributed by atoms with E-state index >= 15 is 0 Å². The zero-order valence-electron chi connectivity index (χ0n) is 12.5. The second-order valence-corrected chi connectivity index (χ2v) is 5.58. The first kappa shape index (κ1) is 14.3. The number of hydrogen-bond donors (Lipinski definition) is 2. The molecule has 4 heteroatoms. The van der Waals surface area contributed by atoms with Gasteiger partial charge in [0.25, 0.3) is 0 Å². The van der Waals surface area contributed by atoms with E-state index in [-0.39, 0.29) is 11.8 Å². The maximum Gasteiger partial charge on any atom is 0.228 e. The van der Waals surface area contributed by atoms with E-state index in [4.69, 9.17) is 0 Å². The molecule has 0 fully saturated rings. The number of para-hydroxylation sites is 1. The number of carbonyl (C=O) groups excluding carboxylic acids is 2. The van der Waals surface area contributed by atoms with Crippen molar-refractivity contribution >= 4 is 23.2 Å². The fourth-order valence-electron chi connectivity index (χ4n) is 2.64. The van der Waals surface area contributed by atoms with Crippen LogP contribution in [0.3, 0.4) is 0 Å². The summed E-state index contributed by atoms with van der Waals surface area (Å²) in [6, 6.07) is 13.5. The molecular weight excluding hydrogens is 276 g/mol. The minimum Gasteiger partial charge on any atom is -0.326 e. The van der Waals surface area contributed by atoms with Crippen LogP contribution in [-0.4, -0.2) is 11.8 Å². The molecule has 22 heavy (non-hydrogen) atoms. The zero-order chi connectivity index (χ0) is 15.5. The standard InChI is InChI=1S/C18H18N2O2/c1-12-4-2-3-5-15(12)19-18(22)11-13-6-8-16-14(10-13)7-9-17(21)20-16/h2-6,8,10H,7,9,11H2,1H3,(H,19,22)(H,20,21). The predicted molar refractivity (Wildman–Crippen MR) is 86.9 cm³/mol. The molecule has 0 bridgehead atoms. The Morgan fingerprint density at radius 1 is 1.18 bits per heavy atom. The molecule has 2 aromatic carbocycles. The van der Waals surface area contributed by atoms with Crippen molar-refractivity contribution in [3.05, 3.63) is 59.2 Å². The van der Waals surface area contributed by atoms with Crippen LogP contribution in [0.5, 0.6) is 0 Å². The summed E-state index contributed by atoms with van der Waals surface area (Å²) in [4.78, 5) is 23.5. The summed E-state index contributed by atoms with van der Waals surface area (Å²) >= 11 is 0. The fraction of sp³-hybridized carbons (Fsp3) is 0.222. The molecular formula is C18H18N2O2. The van der Waals surface area contributed by atoms with E-state index in [1.807, 2.05) is 49.4 Å². The second-order valence-electron chi connectivity index (χ2n) is 5.58. The van der Waals surface area contributed by atoms with Crippen LogP contribution in [-0.2, 0) is 22.4 Å². The maximum absolute atomic E-state index is 12.2. The van der Waals surface area contributed by atoms with Gasteiger partial charge in [0.05, 0.1) is 6.42 Å². The molecule has 0 aromatic heterocycles. The Kier molecular flexibility index (Phi) is 3.92. The van der Waals surface area contributed by atoms with Crippen LogP contribution in [0.1, 0.15) is 23.1 Å². The molecule has 0 aliphatic carbocycles. The third-order valence-corrected chi connectivity index (χ3v) is 3.85. The molecule has 0 radical (unpaired) electrons. The van der Waals surface area contributed by atoms with Gasteiger partial charge in [-0.15, -0.1) is 0 Å². The average molecular weight is 294 g/mol. The van der Waals surface area contributed by atoms with Gasteiger partial charge < -0.3 is 10.6 Å². The van der Waals surface area contributed by atoms with E-state index < -0.39 is 0 Å². The number of carbonyl (C=O) groups is 2. The summed E-state index contributed by atoms with van der Waals surface area (Å²) in [5.74, 6) is 0.0200. The van der Waals surface area contributed by atoms with Crippen molar-refractivity contribution in [2.75, 3.05) is 10.6 Å². The lowest BCUT2D eigenvalue weighted by Crippen LogP contribution is -2.20. The Labute approximate surface area is 129 Å². The Balaban J connectivity index is 1.70. The number of aryl methyl sites for hydroxylation is 2. The normalized spacial score (nSPS) is 13.2. The van der Waals surface area contributed by atoms with Crippen LogP contribution in [0.4, 0.5) is 11.4 Å². The first-order valence-electron chi connectivity index (χ1n) is 7.39. The number of hydrogen-bond acceptors (Lipinski definition) is 2. The number of amides is 2. The van der Waals surface area contributed by atoms with Gasteiger partial charge in [-0.2, -0.15) is 0 Å². The molecule has 1 aliphatic rings. The van der Waals surface area contributed by atoms with Gasteiger partial charge in [-0.1, -0.05) is 30.3 Å². The topological polar surface area (TPSA) is 58.2 Å². The number of rotatable bonds is 3. The van der Waals surface area contributed by atoms with Gasteiger partial charge in [0.1, 0.15) is 0 Å². The van der Waals surface area contributed by atoms with Gasteiger partial charge in [-0.05, 0) is 42.2 Å². The molecule has 2 N–H and O–H groups in total. The van der Waals surface area contributed by atoms with Crippen LogP contribution in [0, 0.1) is 6.92 Å². The predicted octanol–water partition coefficient (Wildman–Crippen LogP) is 3.06. The first-order valence-corrected chi connectivity index (χ1v) is 7.39. The maximum atomic E-state index is 12.2. The monoisotopic (exact) mass is 294 g/mol. The minimum absolute atomic E-state index is 0.0332. The van der Waals surface area contributed by atoms with E-state index in [0.717, 1.165) is 34.5 Å². The minimum atomic E-state index is -0.0332. The molecule has 0 saturated carbocycles. The van der Waals surface area contributed by atoms with Gasteiger partial charge in [-0.25, -0.2) is 0 Å². The Morgan fingerprint density at radius 3 is 2.82 bits per heavy atom. The van der Waals surface area contributed by atoms with Crippen LogP contribution in [0.15, 0.2) is 42.5 Å². The lowest BCUT2D eigenvalue weighted by Gasteiger charge is -2.17. The Hall–Kier alpha value is -2.62. The van der Waals surface area contributed by atoms with Gasteiger partial charge in [-0.3, -0.25) is 9.59 Å². The summed E-state index contributed by atoms with van der Waals surface area (Å²) in [6.45, 7) is 1.97. The zero-order valence-corrected chi connectivity index (χ0v) is 12.5. The summed E-state index contributed by atoms with van der Waals surface area (Å²) in [5, 5.41) is 5.79. The van der Waals surface area contributed by atoms with Gasteiger partial charge in [0.2, 0.25) is 11.8 Å². The summed E-state index contributed by atoms with van der Waals surface area (Å²) in [7, 11) is 0. The van der Waals surface area contributed by atoms with Crippen molar-refractivity contribution in [2.45, 2.75) is 26.2 Å². The molecule has 0 atom stereocenters. The molecule has 4 nitrogen and oxygen atoms in total. The van der Waals surface area contributed by atoms with Crippen molar-refractivity contribution in [1.29, 1.82) is 0 Å². The van der Waals surface area contributed by atoms with Crippen LogP contribution in [0.2, 0.25) is 0 Å².